The number of hydrogen-bond donors (Lipinski definition) is 1. The summed E-state index contributed by atoms with van der Waals surface area (Å²) < 4.78 is 50.2. The van der Waals surface area contributed by atoms with Crippen molar-refractivity contribution in [3.8, 4) is 17.2 Å². The van der Waals surface area contributed by atoms with Gasteiger partial charge in [0.15, 0.2) is 11.6 Å². The number of rotatable bonds is 7. The Morgan fingerprint density at radius 1 is 0.938 bits per heavy atom. The SMILES string of the molecule is Cc1cc(-n2nc3c(c2-n2ccn(-c4ccc5c(cnn5C)c4F)c2=O)[C@H](C)N(C(=O)c2cc4cc([C@@H]5CCOC(C)(C)C5)ccc4n2[C@@]2(c4noc(=O)[nH]4)C[C@H]2C)CC3)cc(C)c1F. The molecule has 2 aliphatic heterocycles. The monoisotopic (exact) mass is 882 g/mol. The molecule has 1 saturated carbocycles. The molecule has 0 bridgehead atoms. The summed E-state index contributed by atoms with van der Waals surface area (Å²) in [6.45, 7) is 12.5. The summed E-state index contributed by atoms with van der Waals surface area (Å²) in [4.78, 5) is 47.2. The lowest BCUT2D eigenvalue weighted by Gasteiger charge is -2.35. The van der Waals surface area contributed by atoms with Gasteiger partial charge in [-0.2, -0.15) is 10.2 Å². The molecule has 1 N–H and O–H groups in total. The minimum absolute atomic E-state index is 0.00109. The Kier molecular flexibility index (Phi) is 9.00. The Balaban J connectivity index is 1.06. The number of H-pyrrole nitrogens is 1. The molecule has 1 saturated heterocycles. The number of nitrogens with one attached hydrogen (secondary N) is 1. The number of aryl methyl sites for hydroxylation is 3. The van der Waals surface area contributed by atoms with Crippen LogP contribution in [0.1, 0.15) is 103 Å². The van der Waals surface area contributed by atoms with Gasteiger partial charge in [0.1, 0.15) is 22.9 Å². The summed E-state index contributed by atoms with van der Waals surface area (Å²) >= 11 is 0. The molecule has 334 valence electrons. The zero-order chi connectivity index (χ0) is 45.4. The number of halogens is 2. The topological polar surface area (TPSA) is 156 Å². The fourth-order valence-electron chi connectivity index (χ4n) is 10.8. The van der Waals surface area contributed by atoms with Gasteiger partial charge in [-0.25, -0.2) is 23.1 Å². The van der Waals surface area contributed by atoms with E-state index < -0.39 is 28.8 Å². The molecule has 3 aliphatic rings. The highest BCUT2D eigenvalue weighted by Crippen LogP contribution is 2.56. The van der Waals surface area contributed by atoms with Crippen molar-refractivity contribution in [1.29, 1.82) is 0 Å². The van der Waals surface area contributed by atoms with E-state index in [1.54, 1.807) is 65.6 Å². The van der Waals surface area contributed by atoms with E-state index in [0.29, 0.717) is 76.9 Å². The van der Waals surface area contributed by atoms with Crippen molar-refractivity contribution in [1.82, 2.24) is 48.3 Å². The number of amides is 1. The normalized spacial score (nSPS) is 21.7. The highest BCUT2D eigenvalue weighted by molar-refractivity contribution is 6.00. The maximum atomic E-state index is 16.1. The van der Waals surface area contributed by atoms with E-state index in [4.69, 9.17) is 14.4 Å². The molecule has 4 atom stereocenters. The maximum absolute atomic E-state index is 16.1. The zero-order valence-corrected chi connectivity index (χ0v) is 37.1. The summed E-state index contributed by atoms with van der Waals surface area (Å²) in [7, 11) is 1.72. The fraction of sp³-hybridized carbons (Fsp3) is 0.375. The molecule has 0 radical (unpaired) electrons. The highest BCUT2D eigenvalue weighted by atomic mass is 19.1. The van der Waals surface area contributed by atoms with Crippen LogP contribution in [0.4, 0.5) is 8.78 Å². The minimum atomic E-state index is -0.857. The second kappa shape index (κ2) is 14.3. The second-order valence-electron chi connectivity index (χ2n) is 18.8. The number of carbonyl (C=O) groups is 1. The summed E-state index contributed by atoms with van der Waals surface area (Å²) in [5.74, 6) is -0.925. The van der Waals surface area contributed by atoms with Gasteiger partial charge in [-0.3, -0.25) is 28.1 Å². The Morgan fingerprint density at radius 2 is 1.68 bits per heavy atom. The Hall–Kier alpha value is -6.88. The van der Waals surface area contributed by atoms with E-state index in [2.05, 4.69) is 54.2 Å². The standard InChI is InChI=1S/C48H48F2N10O5/c1-25-18-32(19-26(2)40(25)49)60-42(58-16-15-57(46(58)63)37-11-10-36-33(41(37)50)24-51-55(36)7)39-28(4)56(14-12-34(39)53-60)43(61)38-21-31-20-29(30-13-17-64-47(5,6)23-30)8-9-35(31)59(38)48(22-27(48)3)44-52-45(62)65-54-44/h8-11,15-16,18-21,24,27-28,30H,12-14,17,22-23H2,1-7H3,(H,52,54,62)/t27-,28+,30-,48+/m1/s1. The molecular formula is C48H48F2N10O5. The Bertz CT molecular complexity index is 3380. The number of nitrogens with zero attached hydrogens (tertiary/aromatic N) is 9. The van der Waals surface area contributed by atoms with Crippen LogP contribution < -0.4 is 11.4 Å². The van der Waals surface area contributed by atoms with Crippen LogP contribution in [0.15, 0.2) is 81.2 Å². The molecule has 5 aromatic heterocycles. The molecule has 7 heterocycles. The molecule has 3 aromatic carbocycles. The van der Waals surface area contributed by atoms with Crippen LogP contribution in [0.25, 0.3) is 39.0 Å². The van der Waals surface area contributed by atoms with Crippen LogP contribution in [0.5, 0.6) is 0 Å². The highest BCUT2D eigenvalue weighted by Gasteiger charge is 2.59. The van der Waals surface area contributed by atoms with Gasteiger partial charge in [-0.15, -0.1) is 0 Å². The van der Waals surface area contributed by atoms with Gasteiger partial charge in [0.2, 0.25) is 0 Å². The zero-order valence-electron chi connectivity index (χ0n) is 37.1. The van der Waals surface area contributed by atoms with Crippen LogP contribution in [0, 0.1) is 31.4 Å². The van der Waals surface area contributed by atoms with E-state index in [-0.39, 0.29) is 40.2 Å². The van der Waals surface area contributed by atoms with Crippen LogP contribution in [-0.4, -0.2) is 73.0 Å². The number of ether oxygens (including phenoxy) is 1. The predicted octanol–water partition coefficient (Wildman–Crippen LogP) is 7.44. The first kappa shape index (κ1) is 40.9. The van der Waals surface area contributed by atoms with Crippen LogP contribution in [-0.2, 0) is 23.7 Å². The number of aromatic amines is 1. The molecule has 65 heavy (non-hydrogen) atoms. The van der Waals surface area contributed by atoms with Crippen molar-refractivity contribution in [2.45, 2.75) is 90.3 Å². The number of hydrogen-bond acceptors (Lipinski definition) is 8. The molecule has 8 aromatic rings. The smallest absolute Gasteiger partial charge is 0.376 e. The average molecular weight is 883 g/mol. The number of fused-ring (bicyclic) bond motifs is 3. The molecular weight excluding hydrogens is 835 g/mol. The van der Waals surface area contributed by atoms with Gasteiger partial charge in [0, 0.05) is 55.5 Å². The fourth-order valence-corrected chi connectivity index (χ4v) is 10.8. The van der Waals surface area contributed by atoms with E-state index >= 15 is 13.6 Å². The van der Waals surface area contributed by atoms with Crippen molar-refractivity contribution < 1.29 is 22.8 Å². The third-order valence-electron chi connectivity index (χ3n) is 14.2. The number of aromatic nitrogens is 9. The van der Waals surface area contributed by atoms with Gasteiger partial charge in [-0.1, -0.05) is 18.1 Å². The summed E-state index contributed by atoms with van der Waals surface area (Å²) in [5.41, 5.74) is 3.92. The summed E-state index contributed by atoms with van der Waals surface area (Å²) in [6.07, 6.45) is 7.17. The number of carbonyl (C=O) groups excluding carboxylic acids is 1. The quantitative estimate of drug-likeness (QED) is 0.173. The van der Waals surface area contributed by atoms with E-state index in [1.807, 2.05) is 17.6 Å². The van der Waals surface area contributed by atoms with Crippen molar-refractivity contribution in [3.63, 3.8) is 0 Å². The van der Waals surface area contributed by atoms with E-state index in [1.165, 1.54) is 21.5 Å². The van der Waals surface area contributed by atoms with Gasteiger partial charge in [0.25, 0.3) is 5.91 Å². The van der Waals surface area contributed by atoms with Gasteiger partial charge >= 0.3 is 11.4 Å². The lowest BCUT2D eigenvalue weighted by atomic mass is 9.83. The largest absolute Gasteiger partial charge is 0.438 e. The summed E-state index contributed by atoms with van der Waals surface area (Å²) in [6, 6.07) is 14.3. The number of benzene rings is 3. The van der Waals surface area contributed by atoms with Crippen LogP contribution in [0.2, 0.25) is 0 Å². The first-order valence-electron chi connectivity index (χ1n) is 22.0. The van der Waals surface area contributed by atoms with Gasteiger partial charge in [-0.05, 0) is 125 Å². The third kappa shape index (κ3) is 6.14. The molecule has 17 heteroatoms. The number of imidazole rings is 1. The van der Waals surface area contributed by atoms with Crippen molar-refractivity contribution in [2.75, 3.05) is 13.2 Å². The molecule has 0 unspecified atom stereocenters. The van der Waals surface area contributed by atoms with Crippen molar-refractivity contribution >= 4 is 27.7 Å². The van der Waals surface area contributed by atoms with Gasteiger partial charge in [0.05, 0.1) is 45.8 Å². The van der Waals surface area contributed by atoms with Crippen LogP contribution in [0.3, 0.4) is 0 Å². The van der Waals surface area contributed by atoms with Crippen molar-refractivity contribution in [2.24, 2.45) is 13.0 Å². The molecule has 11 rings (SSSR count). The first-order valence-corrected chi connectivity index (χ1v) is 22.0. The Morgan fingerprint density at radius 3 is 2.38 bits per heavy atom. The molecule has 1 amide bonds. The molecule has 2 fully saturated rings. The molecule has 1 aliphatic carbocycles. The van der Waals surface area contributed by atoms with Crippen molar-refractivity contribution in [3.05, 3.63) is 139 Å². The third-order valence-corrected chi connectivity index (χ3v) is 14.2. The van der Waals surface area contributed by atoms with Gasteiger partial charge < -0.3 is 14.2 Å². The lowest BCUT2D eigenvalue weighted by Crippen LogP contribution is -2.41. The maximum Gasteiger partial charge on any atom is 0.438 e. The predicted molar refractivity (Wildman–Crippen MR) is 237 cm³/mol. The minimum Gasteiger partial charge on any atom is -0.376 e. The van der Waals surface area contributed by atoms with E-state index in [9.17, 15) is 9.59 Å². The van der Waals surface area contributed by atoms with Crippen LogP contribution >= 0.6 is 0 Å². The molecule has 0 spiro atoms. The average Bonchev–Trinajstić information content (AvgIpc) is 3.90. The lowest BCUT2D eigenvalue weighted by molar-refractivity contribution is -0.0592. The first-order chi connectivity index (χ1) is 31.1. The molecule has 15 nitrogen and oxygen atoms in total. The van der Waals surface area contributed by atoms with E-state index in [0.717, 1.165) is 29.3 Å². The Labute approximate surface area is 370 Å². The summed E-state index contributed by atoms with van der Waals surface area (Å²) in [5, 5.41) is 14.6. The second-order valence-corrected chi connectivity index (χ2v) is 18.8.